The Bertz CT molecular complexity index is 1010. The van der Waals surface area contributed by atoms with Gasteiger partial charge >= 0.3 is 6.16 Å². The summed E-state index contributed by atoms with van der Waals surface area (Å²) in [6.07, 6.45) is 22.7. The van der Waals surface area contributed by atoms with Gasteiger partial charge in [-0.2, -0.15) is 0 Å². The number of hydrogen-bond donors (Lipinski definition) is 0. The largest absolute Gasteiger partial charge is 0.514 e. The van der Waals surface area contributed by atoms with E-state index in [-0.39, 0.29) is 11.5 Å². The first-order valence-electron chi connectivity index (χ1n) is 16.5. The molecule has 3 nitrogen and oxygen atoms in total. The summed E-state index contributed by atoms with van der Waals surface area (Å²) in [5.41, 5.74) is 3.44. The Hall–Kier alpha value is -1.77. The highest BCUT2D eigenvalue weighted by Crippen LogP contribution is 2.66. The fourth-order valence-corrected chi connectivity index (χ4v) is 9.63. The van der Waals surface area contributed by atoms with E-state index in [0.29, 0.717) is 11.2 Å². The second-order valence-electron chi connectivity index (χ2n) is 13.9. The zero-order valence-electron chi connectivity index (χ0n) is 25.3. The van der Waals surface area contributed by atoms with E-state index in [2.05, 4.69) is 33.8 Å². The number of hydrogen-bond acceptors (Lipinski definition) is 3. The van der Waals surface area contributed by atoms with Gasteiger partial charge in [-0.25, -0.2) is 4.79 Å². The lowest BCUT2D eigenvalue weighted by Crippen LogP contribution is -2.50. The predicted octanol–water partition coefficient (Wildman–Crippen LogP) is 10.5. The summed E-state index contributed by atoms with van der Waals surface area (Å²) in [5, 5.41) is 0. The van der Waals surface area contributed by atoms with Crippen molar-refractivity contribution in [1.29, 1.82) is 0 Å². The van der Waals surface area contributed by atoms with E-state index in [9.17, 15) is 4.79 Å². The topological polar surface area (TPSA) is 35.5 Å². The molecule has 0 aliphatic heterocycles. The highest BCUT2D eigenvalue weighted by molar-refractivity contribution is 5.64. The minimum Gasteiger partial charge on any atom is -0.430 e. The molecule has 0 heterocycles. The van der Waals surface area contributed by atoms with E-state index in [0.717, 1.165) is 54.9 Å². The van der Waals surface area contributed by atoms with E-state index in [1.54, 1.807) is 5.57 Å². The van der Waals surface area contributed by atoms with Crippen LogP contribution in [0.1, 0.15) is 130 Å². The van der Waals surface area contributed by atoms with Crippen LogP contribution in [0.25, 0.3) is 0 Å². The van der Waals surface area contributed by atoms with Gasteiger partial charge in [0.15, 0.2) is 0 Å². The molecule has 3 saturated carbocycles. The van der Waals surface area contributed by atoms with Crippen molar-refractivity contribution in [2.75, 3.05) is 0 Å². The lowest BCUT2D eigenvalue weighted by atomic mass is 9.47. The summed E-state index contributed by atoms with van der Waals surface area (Å²) in [6, 6.07) is 7.76. The number of para-hydroxylation sites is 1. The van der Waals surface area contributed by atoms with Crippen LogP contribution in [0.2, 0.25) is 0 Å². The van der Waals surface area contributed by atoms with E-state index in [1.807, 2.05) is 24.3 Å². The molecule has 3 fully saturated rings. The molecule has 1 aromatic carbocycles. The van der Waals surface area contributed by atoms with Gasteiger partial charge in [0, 0.05) is 6.42 Å². The highest BCUT2D eigenvalue weighted by Gasteiger charge is 2.58. The third kappa shape index (κ3) is 5.84. The molecule has 0 saturated heterocycles. The van der Waals surface area contributed by atoms with Crippen LogP contribution in [0, 0.1) is 34.5 Å². The van der Waals surface area contributed by atoms with Crippen LogP contribution in [0.4, 0.5) is 4.79 Å². The Morgan fingerprint density at radius 1 is 0.923 bits per heavy atom. The van der Waals surface area contributed by atoms with Gasteiger partial charge in [0.1, 0.15) is 11.9 Å². The summed E-state index contributed by atoms with van der Waals surface area (Å²) in [7, 11) is 0. The summed E-state index contributed by atoms with van der Waals surface area (Å²) in [5.74, 6) is 4.12. The molecule has 4 aliphatic carbocycles. The molecule has 7 atom stereocenters. The molecule has 0 radical (unpaired) electrons. The standard InChI is InChI=1S/C36H54O3/c1-5-7-8-9-10-11-15-27-18-20-31-30-19-17-28-25-29(21-23-36(28,4)32(30)22-24-35(27,31)3)38-34(37)39-33-16-13-12-14-26(33)6-2/h12-14,16-17,27,29-32H,5-11,15,18-25H2,1-4H3/t27-,29+,30+,31-,32+,35-,36+/m1/s1. The van der Waals surface area contributed by atoms with Crippen LogP contribution in [-0.4, -0.2) is 12.3 Å². The van der Waals surface area contributed by atoms with Crippen molar-refractivity contribution in [3.05, 3.63) is 41.5 Å². The minimum absolute atomic E-state index is 0.0655. The highest BCUT2D eigenvalue weighted by atomic mass is 16.7. The average Bonchev–Trinajstić information content (AvgIpc) is 3.27. The molecule has 0 spiro atoms. The van der Waals surface area contributed by atoms with Crippen LogP contribution >= 0.6 is 0 Å². The van der Waals surface area contributed by atoms with Crippen molar-refractivity contribution in [1.82, 2.24) is 0 Å². The van der Waals surface area contributed by atoms with Gasteiger partial charge in [-0.3, -0.25) is 0 Å². The SMILES string of the molecule is CCCCCCCC[C@@H]1CC[C@@H]2[C@@H]3CC=C4C[C@@H](OC(=O)Oc5ccccc5CC)CC[C@]4(C)[C@H]3CC[C@]12C. The Morgan fingerprint density at radius 3 is 2.54 bits per heavy atom. The van der Waals surface area contributed by atoms with Gasteiger partial charge < -0.3 is 9.47 Å². The molecule has 216 valence electrons. The van der Waals surface area contributed by atoms with Crippen LogP contribution in [0.15, 0.2) is 35.9 Å². The zero-order valence-corrected chi connectivity index (χ0v) is 25.3. The van der Waals surface area contributed by atoms with E-state index in [4.69, 9.17) is 9.47 Å². The number of unbranched alkanes of at least 4 members (excludes halogenated alkanes) is 5. The van der Waals surface area contributed by atoms with Crippen LogP contribution in [0.5, 0.6) is 5.75 Å². The van der Waals surface area contributed by atoms with Gasteiger partial charge in [-0.15, -0.1) is 0 Å². The molecule has 0 N–H and O–H groups in total. The van der Waals surface area contributed by atoms with Crippen LogP contribution < -0.4 is 4.74 Å². The molecule has 0 amide bonds. The summed E-state index contributed by atoms with van der Waals surface area (Å²) in [6.45, 7) is 9.61. The van der Waals surface area contributed by atoms with Crippen molar-refractivity contribution in [2.45, 2.75) is 137 Å². The van der Waals surface area contributed by atoms with Crippen LogP contribution in [-0.2, 0) is 11.2 Å². The van der Waals surface area contributed by atoms with Crippen molar-refractivity contribution in [2.24, 2.45) is 34.5 Å². The van der Waals surface area contributed by atoms with Gasteiger partial charge in [-0.05, 0) is 104 Å². The first kappa shape index (κ1) is 28.7. The van der Waals surface area contributed by atoms with Crippen molar-refractivity contribution >= 4 is 6.16 Å². The molecule has 0 bridgehead atoms. The smallest absolute Gasteiger partial charge is 0.430 e. The van der Waals surface area contributed by atoms with Gasteiger partial charge in [0.05, 0.1) is 0 Å². The first-order chi connectivity index (χ1) is 18.9. The van der Waals surface area contributed by atoms with E-state index in [1.165, 1.54) is 77.0 Å². The quantitative estimate of drug-likeness (QED) is 0.130. The second-order valence-corrected chi connectivity index (χ2v) is 13.9. The number of allylic oxidation sites excluding steroid dienone is 1. The fourth-order valence-electron chi connectivity index (χ4n) is 9.63. The maximum atomic E-state index is 12.7. The molecule has 4 aliphatic rings. The van der Waals surface area contributed by atoms with Crippen LogP contribution in [0.3, 0.4) is 0 Å². The Labute approximate surface area is 238 Å². The molecule has 0 unspecified atom stereocenters. The lowest BCUT2D eigenvalue weighted by Gasteiger charge is -2.58. The summed E-state index contributed by atoms with van der Waals surface area (Å²) in [4.78, 5) is 12.7. The Morgan fingerprint density at radius 2 is 1.72 bits per heavy atom. The molecular weight excluding hydrogens is 480 g/mol. The molecule has 0 aromatic heterocycles. The molecule has 1 aromatic rings. The third-order valence-corrected chi connectivity index (χ3v) is 12.0. The monoisotopic (exact) mass is 534 g/mol. The number of carbonyl (C=O) groups is 1. The maximum Gasteiger partial charge on any atom is 0.514 e. The van der Waals surface area contributed by atoms with Gasteiger partial charge in [0.25, 0.3) is 0 Å². The normalized spacial score (nSPS) is 35.4. The summed E-state index contributed by atoms with van der Waals surface area (Å²) >= 11 is 0. The Balaban J connectivity index is 1.18. The Kier molecular flexibility index (Phi) is 9.14. The maximum absolute atomic E-state index is 12.7. The lowest BCUT2D eigenvalue weighted by molar-refractivity contribution is -0.0538. The number of benzene rings is 1. The second kappa shape index (κ2) is 12.4. The predicted molar refractivity (Wildman–Crippen MR) is 160 cm³/mol. The zero-order chi connectivity index (χ0) is 27.5. The van der Waals surface area contributed by atoms with Gasteiger partial charge in [-0.1, -0.05) is 96.1 Å². The fraction of sp³-hybridized carbons (Fsp3) is 0.750. The molecule has 3 heteroatoms. The van der Waals surface area contributed by atoms with Gasteiger partial charge in [0.2, 0.25) is 0 Å². The van der Waals surface area contributed by atoms with Crippen molar-refractivity contribution in [3.63, 3.8) is 0 Å². The van der Waals surface area contributed by atoms with E-state index >= 15 is 0 Å². The number of rotatable bonds is 10. The summed E-state index contributed by atoms with van der Waals surface area (Å²) < 4.78 is 11.5. The molecule has 5 rings (SSSR count). The van der Waals surface area contributed by atoms with Crippen molar-refractivity contribution in [3.8, 4) is 5.75 Å². The first-order valence-corrected chi connectivity index (χ1v) is 16.5. The van der Waals surface area contributed by atoms with Crippen molar-refractivity contribution < 1.29 is 14.3 Å². The minimum atomic E-state index is -0.547. The number of fused-ring (bicyclic) bond motifs is 5. The number of ether oxygens (including phenoxy) is 2. The molecular formula is C36H54O3. The third-order valence-electron chi connectivity index (χ3n) is 12.0. The van der Waals surface area contributed by atoms with E-state index < -0.39 is 6.16 Å². The number of carbonyl (C=O) groups excluding carboxylic acids is 1. The average molecular weight is 535 g/mol. The molecule has 39 heavy (non-hydrogen) atoms. The number of aryl methyl sites for hydroxylation is 1.